The van der Waals surface area contributed by atoms with Crippen LogP contribution in [0.4, 0.5) is 0 Å². The maximum atomic E-state index is 12.9. The smallest absolute Gasteiger partial charge is 0.336 e. The summed E-state index contributed by atoms with van der Waals surface area (Å²) in [6.07, 6.45) is 0.994. The Morgan fingerprint density at radius 1 is 1.18 bits per heavy atom. The summed E-state index contributed by atoms with van der Waals surface area (Å²) in [7, 11) is -3.73. The Morgan fingerprint density at radius 2 is 1.73 bits per heavy atom. The first-order valence-corrected chi connectivity index (χ1v) is 9.88. The van der Waals surface area contributed by atoms with Crippen molar-refractivity contribution in [3.63, 3.8) is 0 Å². The standard InChI is InChI=1S/C14H17Br2NO4S/c1-8-3-9(2)7-17(6-8)22(20,21)13-4-10(14(18)19)11(15)5-12(13)16/h4-5,8-9H,3,6-7H2,1-2H3,(H,18,19). The van der Waals surface area contributed by atoms with Crippen molar-refractivity contribution >= 4 is 47.9 Å². The van der Waals surface area contributed by atoms with Crippen molar-refractivity contribution in [2.75, 3.05) is 13.1 Å². The fourth-order valence-electron chi connectivity index (χ4n) is 2.83. The van der Waals surface area contributed by atoms with E-state index in [9.17, 15) is 18.3 Å². The van der Waals surface area contributed by atoms with Gasteiger partial charge in [-0.05, 0) is 62.2 Å². The number of nitrogens with zero attached hydrogens (tertiary/aromatic N) is 1. The molecule has 0 spiro atoms. The first kappa shape index (κ1) is 17.9. The molecule has 1 aromatic carbocycles. The molecule has 0 amide bonds. The van der Waals surface area contributed by atoms with Crippen LogP contribution in [0.5, 0.6) is 0 Å². The predicted molar refractivity (Wildman–Crippen MR) is 90.5 cm³/mol. The molecule has 0 saturated carbocycles. The van der Waals surface area contributed by atoms with Gasteiger partial charge in [0.05, 0.1) is 10.5 Å². The third kappa shape index (κ3) is 3.55. The van der Waals surface area contributed by atoms with Gasteiger partial charge in [0.2, 0.25) is 10.0 Å². The second kappa shape index (κ2) is 6.59. The van der Waals surface area contributed by atoms with Crippen molar-refractivity contribution in [3.05, 3.63) is 26.6 Å². The molecule has 1 fully saturated rings. The van der Waals surface area contributed by atoms with Gasteiger partial charge >= 0.3 is 5.97 Å². The van der Waals surface area contributed by atoms with Crippen molar-refractivity contribution in [2.45, 2.75) is 25.2 Å². The highest BCUT2D eigenvalue weighted by Crippen LogP contribution is 2.33. The van der Waals surface area contributed by atoms with Gasteiger partial charge in [-0.1, -0.05) is 13.8 Å². The quantitative estimate of drug-likeness (QED) is 0.757. The van der Waals surface area contributed by atoms with Gasteiger partial charge < -0.3 is 5.11 Å². The van der Waals surface area contributed by atoms with Gasteiger partial charge in [-0.2, -0.15) is 4.31 Å². The highest BCUT2D eigenvalue weighted by atomic mass is 79.9. The molecule has 0 bridgehead atoms. The van der Waals surface area contributed by atoms with E-state index in [2.05, 4.69) is 31.9 Å². The molecule has 1 N–H and O–H groups in total. The van der Waals surface area contributed by atoms with E-state index in [0.717, 1.165) is 6.42 Å². The second-order valence-corrected chi connectivity index (χ2v) is 9.45. The Kier molecular flexibility index (Phi) is 5.36. The summed E-state index contributed by atoms with van der Waals surface area (Å²) >= 11 is 6.38. The summed E-state index contributed by atoms with van der Waals surface area (Å²) in [5.41, 5.74) is -0.0696. The molecular weight excluding hydrogens is 438 g/mol. The third-order valence-electron chi connectivity index (χ3n) is 3.71. The van der Waals surface area contributed by atoms with Crippen LogP contribution in [0.3, 0.4) is 0 Å². The first-order valence-electron chi connectivity index (χ1n) is 6.85. The van der Waals surface area contributed by atoms with E-state index >= 15 is 0 Å². The fraction of sp³-hybridized carbons (Fsp3) is 0.500. The number of piperidine rings is 1. The van der Waals surface area contributed by atoms with E-state index in [1.54, 1.807) is 0 Å². The predicted octanol–water partition coefficient (Wildman–Crippen LogP) is 3.58. The lowest BCUT2D eigenvalue weighted by Gasteiger charge is -2.34. The third-order valence-corrected chi connectivity index (χ3v) is 7.15. The minimum Gasteiger partial charge on any atom is -0.478 e. The summed E-state index contributed by atoms with van der Waals surface area (Å²) in [5.74, 6) is -0.602. The Balaban J connectivity index is 2.49. The minimum atomic E-state index is -3.73. The molecule has 2 unspecified atom stereocenters. The van der Waals surface area contributed by atoms with Crippen LogP contribution in [0.25, 0.3) is 0 Å². The zero-order valence-corrected chi connectivity index (χ0v) is 16.2. The molecule has 0 aliphatic carbocycles. The molecule has 2 rings (SSSR count). The highest BCUT2D eigenvalue weighted by Gasteiger charge is 2.33. The monoisotopic (exact) mass is 453 g/mol. The molecule has 1 aliphatic heterocycles. The number of carboxylic acid groups (broad SMARTS) is 1. The van der Waals surface area contributed by atoms with Crippen molar-refractivity contribution in [2.24, 2.45) is 11.8 Å². The lowest BCUT2D eigenvalue weighted by Crippen LogP contribution is -2.42. The zero-order valence-electron chi connectivity index (χ0n) is 12.2. The van der Waals surface area contributed by atoms with Gasteiger partial charge in [-0.25, -0.2) is 13.2 Å². The molecule has 1 aromatic rings. The molecule has 5 nitrogen and oxygen atoms in total. The lowest BCUT2D eigenvalue weighted by molar-refractivity contribution is 0.0695. The summed E-state index contributed by atoms with van der Waals surface area (Å²) < 4.78 is 27.9. The number of hydrogen-bond acceptors (Lipinski definition) is 3. The Bertz CT molecular complexity index is 695. The average Bonchev–Trinajstić information content (AvgIpc) is 2.36. The van der Waals surface area contributed by atoms with E-state index < -0.39 is 16.0 Å². The number of benzene rings is 1. The summed E-state index contributed by atoms with van der Waals surface area (Å²) in [4.78, 5) is 11.2. The molecule has 1 saturated heterocycles. The van der Waals surface area contributed by atoms with Gasteiger partial charge in [0.1, 0.15) is 0 Å². The Hall–Kier alpha value is -0.440. The molecule has 8 heteroatoms. The molecule has 2 atom stereocenters. The van der Waals surface area contributed by atoms with Crippen LogP contribution in [-0.4, -0.2) is 36.9 Å². The topological polar surface area (TPSA) is 74.7 Å². The minimum absolute atomic E-state index is 0.00519. The number of carboxylic acids is 1. The number of sulfonamides is 1. The van der Waals surface area contributed by atoms with E-state index in [1.807, 2.05) is 13.8 Å². The normalized spacial score (nSPS) is 23.5. The van der Waals surface area contributed by atoms with E-state index in [-0.39, 0.29) is 22.3 Å². The SMILES string of the molecule is CC1CC(C)CN(S(=O)(=O)c2cc(C(=O)O)c(Br)cc2Br)C1. The zero-order chi connectivity index (χ0) is 16.7. The number of aromatic carboxylic acids is 1. The molecular formula is C14H17Br2NO4S. The molecule has 1 aliphatic rings. The molecule has 1 heterocycles. The largest absolute Gasteiger partial charge is 0.478 e. The van der Waals surface area contributed by atoms with Crippen LogP contribution in [0, 0.1) is 11.8 Å². The van der Waals surface area contributed by atoms with E-state index in [1.165, 1.54) is 16.4 Å². The summed E-state index contributed by atoms with van der Waals surface area (Å²) in [6, 6.07) is 2.67. The molecule has 0 radical (unpaired) electrons. The second-order valence-electron chi connectivity index (χ2n) is 5.84. The van der Waals surface area contributed by atoms with Gasteiger partial charge in [-0.3, -0.25) is 0 Å². The van der Waals surface area contributed by atoms with Crippen LogP contribution in [0.15, 0.2) is 26.0 Å². The first-order chi connectivity index (χ1) is 10.1. The van der Waals surface area contributed by atoms with E-state index in [4.69, 9.17) is 0 Å². The van der Waals surface area contributed by atoms with Crippen LogP contribution >= 0.6 is 31.9 Å². The van der Waals surface area contributed by atoms with Crippen molar-refractivity contribution < 1.29 is 18.3 Å². The highest BCUT2D eigenvalue weighted by molar-refractivity contribution is 9.11. The maximum absolute atomic E-state index is 12.9. The summed E-state index contributed by atoms with van der Waals surface area (Å²) in [6.45, 7) is 4.96. The van der Waals surface area contributed by atoms with Crippen molar-refractivity contribution in [1.82, 2.24) is 4.31 Å². The van der Waals surface area contributed by atoms with Gasteiger partial charge in [0.15, 0.2) is 0 Å². The maximum Gasteiger partial charge on any atom is 0.336 e. The fourth-order valence-corrected chi connectivity index (χ4v) is 6.36. The van der Waals surface area contributed by atoms with Gasteiger partial charge in [0, 0.05) is 22.0 Å². The van der Waals surface area contributed by atoms with Crippen LogP contribution < -0.4 is 0 Å². The molecule has 0 aromatic heterocycles. The van der Waals surface area contributed by atoms with Crippen molar-refractivity contribution in [3.8, 4) is 0 Å². The number of hydrogen-bond donors (Lipinski definition) is 1. The number of carbonyl (C=O) groups is 1. The van der Waals surface area contributed by atoms with Crippen LogP contribution in [0.1, 0.15) is 30.6 Å². The van der Waals surface area contributed by atoms with E-state index in [0.29, 0.717) is 22.0 Å². The number of halogens is 2. The average molecular weight is 455 g/mol. The summed E-state index contributed by atoms with van der Waals surface area (Å²) in [5, 5.41) is 9.19. The lowest BCUT2D eigenvalue weighted by atomic mass is 9.94. The number of rotatable bonds is 3. The van der Waals surface area contributed by atoms with Gasteiger partial charge in [-0.15, -0.1) is 0 Å². The van der Waals surface area contributed by atoms with Crippen LogP contribution in [-0.2, 0) is 10.0 Å². The Morgan fingerprint density at radius 3 is 2.23 bits per heavy atom. The van der Waals surface area contributed by atoms with Crippen molar-refractivity contribution in [1.29, 1.82) is 0 Å². The molecule has 122 valence electrons. The van der Waals surface area contributed by atoms with Gasteiger partial charge in [0.25, 0.3) is 0 Å². The Labute approximate surface area is 147 Å². The molecule has 22 heavy (non-hydrogen) atoms. The van der Waals surface area contributed by atoms with Crippen LogP contribution in [0.2, 0.25) is 0 Å².